The Hall–Kier alpha value is -2.69. The van der Waals surface area contributed by atoms with Gasteiger partial charge in [0.15, 0.2) is 0 Å². The lowest BCUT2D eigenvalue weighted by molar-refractivity contribution is -0.142. The standard InChI is InChI=1S/C19H20N2O3/c1-12-14(10-11-16(20-12)13-6-3-2-4-7-13)18(22)21-17-9-5-8-15(17)19(23)24/h2-4,6-7,10-11,15,17H,5,8-9H2,1H3,(H,21,22)(H,23,24)/t15-,17+/m0/s1. The smallest absolute Gasteiger partial charge is 0.308 e. The summed E-state index contributed by atoms with van der Waals surface area (Å²) in [4.78, 5) is 28.2. The van der Waals surface area contributed by atoms with Crippen LogP contribution in [0.15, 0.2) is 42.5 Å². The molecular formula is C19H20N2O3. The van der Waals surface area contributed by atoms with Gasteiger partial charge in [-0.3, -0.25) is 14.6 Å². The number of aliphatic carboxylic acids is 1. The number of carbonyl (C=O) groups is 2. The van der Waals surface area contributed by atoms with E-state index in [1.807, 2.05) is 36.4 Å². The van der Waals surface area contributed by atoms with Crippen LogP contribution in [0.2, 0.25) is 0 Å². The van der Waals surface area contributed by atoms with Gasteiger partial charge >= 0.3 is 5.97 Å². The highest BCUT2D eigenvalue weighted by Gasteiger charge is 2.34. The fourth-order valence-corrected chi connectivity index (χ4v) is 3.25. The fourth-order valence-electron chi connectivity index (χ4n) is 3.25. The van der Waals surface area contributed by atoms with Crippen LogP contribution < -0.4 is 5.32 Å². The van der Waals surface area contributed by atoms with E-state index in [1.165, 1.54) is 0 Å². The first-order valence-corrected chi connectivity index (χ1v) is 8.13. The summed E-state index contributed by atoms with van der Waals surface area (Å²) in [5.41, 5.74) is 2.94. The first-order valence-electron chi connectivity index (χ1n) is 8.13. The number of pyridine rings is 1. The van der Waals surface area contributed by atoms with E-state index in [-0.39, 0.29) is 11.9 Å². The fraction of sp³-hybridized carbons (Fsp3) is 0.316. The summed E-state index contributed by atoms with van der Waals surface area (Å²) in [5, 5.41) is 12.1. The number of rotatable bonds is 4. The second-order valence-corrected chi connectivity index (χ2v) is 6.15. The molecule has 1 aromatic heterocycles. The molecule has 2 N–H and O–H groups in total. The lowest BCUT2D eigenvalue weighted by Gasteiger charge is -2.18. The minimum absolute atomic E-state index is 0.252. The normalized spacial score (nSPS) is 19.9. The molecule has 3 rings (SSSR count). The van der Waals surface area contributed by atoms with Gasteiger partial charge in [0, 0.05) is 11.6 Å². The monoisotopic (exact) mass is 324 g/mol. The largest absolute Gasteiger partial charge is 0.481 e. The number of carboxylic acid groups (broad SMARTS) is 1. The van der Waals surface area contributed by atoms with Crippen molar-refractivity contribution in [2.75, 3.05) is 0 Å². The molecule has 0 spiro atoms. The molecule has 0 saturated heterocycles. The Bertz CT molecular complexity index is 758. The number of benzene rings is 1. The van der Waals surface area contributed by atoms with Crippen LogP contribution >= 0.6 is 0 Å². The molecule has 1 amide bonds. The van der Waals surface area contributed by atoms with Gasteiger partial charge in [-0.25, -0.2) is 0 Å². The second kappa shape index (κ2) is 6.83. The van der Waals surface area contributed by atoms with Crippen molar-refractivity contribution in [3.63, 3.8) is 0 Å². The molecule has 0 unspecified atom stereocenters. The summed E-state index contributed by atoms with van der Waals surface area (Å²) in [5.74, 6) is -1.59. The number of nitrogens with zero attached hydrogens (tertiary/aromatic N) is 1. The number of hydrogen-bond acceptors (Lipinski definition) is 3. The molecule has 124 valence electrons. The van der Waals surface area contributed by atoms with Gasteiger partial charge in [0.1, 0.15) is 0 Å². The maximum absolute atomic E-state index is 12.5. The molecule has 1 aliphatic rings. The molecule has 5 nitrogen and oxygen atoms in total. The molecule has 0 aliphatic heterocycles. The van der Waals surface area contributed by atoms with Crippen molar-refractivity contribution in [1.82, 2.24) is 10.3 Å². The molecule has 1 aromatic carbocycles. The predicted octanol–water partition coefficient (Wildman–Crippen LogP) is 3.04. The van der Waals surface area contributed by atoms with Crippen molar-refractivity contribution >= 4 is 11.9 Å². The van der Waals surface area contributed by atoms with E-state index in [0.29, 0.717) is 24.1 Å². The number of aryl methyl sites for hydroxylation is 1. The lowest BCUT2D eigenvalue weighted by atomic mass is 10.0. The van der Waals surface area contributed by atoms with E-state index in [4.69, 9.17) is 0 Å². The molecule has 2 atom stereocenters. The van der Waals surface area contributed by atoms with Crippen LogP contribution in [-0.2, 0) is 4.79 Å². The topological polar surface area (TPSA) is 79.3 Å². The van der Waals surface area contributed by atoms with Gasteiger partial charge in [-0.2, -0.15) is 0 Å². The first kappa shape index (κ1) is 16.2. The third-order valence-corrected chi connectivity index (χ3v) is 4.55. The van der Waals surface area contributed by atoms with Crippen molar-refractivity contribution < 1.29 is 14.7 Å². The Balaban J connectivity index is 1.77. The number of carbonyl (C=O) groups excluding carboxylic acids is 1. The summed E-state index contributed by atoms with van der Waals surface area (Å²) in [6.45, 7) is 1.80. The molecule has 0 bridgehead atoms. The Morgan fingerprint density at radius 3 is 2.54 bits per heavy atom. The second-order valence-electron chi connectivity index (χ2n) is 6.15. The van der Waals surface area contributed by atoms with E-state index in [0.717, 1.165) is 17.7 Å². The van der Waals surface area contributed by atoms with Crippen molar-refractivity contribution in [3.8, 4) is 11.3 Å². The number of carboxylic acids is 1. The van der Waals surface area contributed by atoms with E-state index >= 15 is 0 Å². The van der Waals surface area contributed by atoms with Gasteiger partial charge in [0.05, 0.1) is 22.9 Å². The number of aromatic nitrogens is 1. The highest BCUT2D eigenvalue weighted by molar-refractivity contribution is 5.96. The van der Waals surface area contributed by atoms with Crippen molar-refractivity contribution in [2.24, 2.45) is 5.92 Å². The minimum atomic E-state index is -0.841. The van der Waals surface area contributed by atoms with Gasteiger partial charge in [0.25, 0.3) is 5.91 Å². The van der Waals surface area contributed by atoms with Crippen LogP contribution in [0.5, 0.6) is 0 Å². The lowest BCUT2D eigenvalue weighted by Crippen LogP contribution is -2.40. The van der Waals surface area contributed by atoms with Gasteiger partial charge < -0.3 is 10.4 Å². The molecule has 1 fully saturated rings. The zero-order valence-electron chi connectivity index (χ0n) is 13.5. The zero-order chi connectivity index (χ0) is 17.1. The van der Waals surface area contributed by atoms with Crippen LogP contribution in [0.25, 0.3) is 11.3 Å². The average molecular weight is 324 g/mol. The summed E-state index contributed by atoms with van der Waals surface area (Å²) in [6.07, 6.45) is 2.15. The van der Waals surface area contributed by atoms with E-state index in [1.54, 1.807) is 13.0 Å². The van der Waals surface area contributed by atoms with E-state index < -0.39 is 11.9 Å². The van der Waals surface area contributed by atoms with Crippen molar-refractivity contribution in [1.29, 1.82) is 0 Å². The Morgan fingerprint density at radius 2 is 1.88 bits per heavy atom. The molecular weight excluding hydrogens is 304 g/mol. The number of amides is 1. The van der Waals surface area contributed by atoms with Crippen molar-refractivity contribution in [2.45, 2.75) is 32.2 Å². The number of hydrogen-bond donors (Lipinski definition) is 2. The quantitative estimate of drug-likeness (QED) is 0.906. The van der Waals surface area contributed by atoms with Crippen LogP contribution in [0, 0.1) is 12.8 Å². The van der Waals surface area contributed by atoms with Crippen LogP contribution in [0.1, 0.15) is 35.3 Å². The highest BCUT2D eigenvalue weighted by atomic mass is 16.4. The highest BCUT2D eigenvalue weighted by Crippen LogP contribution is 2.26. The molecule has 1 aliphatic carbocycles. The maximum Gasteiger partial charge on any atom is 0.308 e. The minimum Gasteiger partial charge on any atom is -0.481 e. The Kier molecular flexibility index (Phi) is 4.60. The molecule has 24 heavy (non-hydrogen) atoms. The molecule has 0 radical (unpaired) electrons. The molecule has 1 heterocycles. The SMILES string of the molecule is Cc1nc(-c2ccccc2)ccc1C(=O)N[C@@H]1CCC[C@@H]1C(=O)O. The molecule has 5 heteroatoms. The predicted molar refractivity (Wildman–Crippen MR) is 90.6 cm³/mol. The molecule has 1 saturated carbocycles. The average Bonchev–Trinajstić information content (AvgIpc) is 3.03. The van der Waals surface area contributed by atoms with Gasteiger partial charge in [-0.15, -0.1) is 0 Å². The van der Waals surface area contributed by atoms with Crippen LogP contribution in [0.3, 0.4) is 0 Å². The van der Waals surface area contributed by atoms with Gasteiger partial charge in [-0.1, -0.05) is 36.8 Å². The Morgan fingerprint density at radius 1 is 1.12 bits per heavy atom. The van der Waals surface area contributed by atoms with Gasteiger partial charge in [0.2, 0.25) is 0 Å². The Labute approximate surface area is 140 Å². The first-order chi connectivity index (χ1) is 11.6. The van der Waals surface area contributed by atoms with Gasteiger partial charge in [-0.05, 0) is 31.9 Å². The summed E-state index contributed by atoms with van der Waals surface area (Å²) in [6, 6.07) is 13.0. The summed E-state index contributed by atoms with van der Waals surface area (Å²) in [7, 11) is 0. The third kappa shape index (κ3) is 3.30. The van der Waals surface area contributed by atoms with E-state index in [2.05, 4.69) is 10.3 Å². The summed E-state index contributed by atoms with van der Waals surface area (Å²) < 4.78 is 0. The van der Waals surface area contributed by atoms with Crippen LogP contribution in [0.4, 0.5) is 0 Å². The van der Waals surface area contributed by atoms with Crippen LogP contribution in [-0.4, -0.2) is 28.0 Å². The van der Waals surface area contributed by atoms with Crippen molar-refractivity contribution in [3.05, 3.63) is 53.7 Å². The summed E-state index contributed by atoms with van der Waals surface area (Å²) >= 11 is 0. The molecule has 2 aromatic rings. The number of nitrogens with one attached hydrogen (secondary N) is 1. The zero-order valence-corrected chi connectivity index (χ0v) is 13.5. The maximum atomic E-state index is 12.5. The van der Waals surface area contributed by atoms with E-state index in [9.17, 15) is 14.7 Å². The third-order valence-electron chi connectivity index (χ3n) is 4.55.